The normalized spacial score (nSPS) is 14.5. The average Bonchev–Trinajstić information content (AvgIpc) is 0.747. The molecule has 0 radical (unpaired) electrons. The lowest BCUT2D eigenvalue weighted by molar-refractivity contribution is -0.141. The van der Waals surface area contributed by atoms with Crippen molar-refractivity contribution in [2.24, 2.45) is 17.8 Å². The molecule has 1 aromatic heterocycles. The van der Waals surface area contributed by atoms with E-state index in [4.69, 9.17) is 4.74 Å². The molecule has 5 aromatic carbocycles. The molecule has 1 aliphatic heterocycles. The highest BCUT2D eigenvalue weighted by atomic mass is 16.5. The molecule has 0 aliphatic carbocycles. The number of phenols is 1. The average molecular weight is 1750 g/mol. The van der Waals surface area contributed by atoms with Gasteiger partial charge in [-0.2, -0.15) is 0 Å². The molecular formula is C90H121N15O21. The number of carboxylic acids is 2. The maximum absolute atomic E-state index is 14.1. The predicted molar refractivity (Wildman–Crippen MR) is 469 cm³/mol. The van der Waals surface area contributed by atoms with E-state index in [1.165, 1.54) is 36.1 Å². The lowest BCUT2D eigenvalue weighted by atomic mass is 9.89. The number of likely N-dealkylation sites (N-methyl/N-ethyl adjacent to an activating group) is 1. The van der Waals surface area contributed by atoms with E-state index >= 15 is 0 Å². The number of ketones is 9. The van der Waals surface area contributed by atoms with Crippen molar-refractivity contribution >= 4 is 132 Å². The standard InChI is InChI=1S/C90H121N15O21/c1-50(2)36-68(97-48-96-55(9)73(110)43-91-32-33-104(10)34-35-105-89(124)63-24-27-77(126-11)64-40-57-16-12-13-18-62(57)83(82(63)64)90(105)125)72(109)41-71(108)53(7)95-49-98-69(37-51(3)4)86(121)87(122)84(52(5)6)102-79(115)29-28-78(114)100-67(26-31-81(118)119)88(123)101-66(25-30-80(116)117)75(112)45-92-54(8)74(111)44-94-70(38-56-20-22-60(107)23-21-56)85(120)76(113)46-99-103-59(47-106)39-58-42-93-65-19-15-14-17-61(58)65/h12-24,27,40,42,47,50-55,59,66-70,84,91-99,103,107H,25-26,28-39,41,43-46,48-49H2,1-11H3,(H,100,114)(H,101,123)(H,102,115)(H,116,117)(H,118,119)/t53-,54-,55-,59-,66-,67-,68-,69-,70-,84-/m0/s1. The molecule has 10 atom stereocenters. The van der Waals surface area contributed by atoms with Crippen LogP contribution < -0.4 is 68.8 Å². The van der Waals surface area contributed by atoms with E-state index < -0.39 is 201 Å². The van der Waals surface area contributed by atoms with E-state index in [1.807, 2.05) is 94.2 Å². The second-order valence-corrected chi connectivity index (χ2v) is 33.0. The van der Waals surface area contributed by atoms with Crippen molar-refractivity contribution in [3.63, 3.8) is 0 Å². The van der Waals surface area contributed by atoms with Crippen LogP contribution in [0.2, 0.25) is 0 Å². The van der Waals surface area contributed by atoms with Crippen LogP contribution in [-0.2, 0) is 84.8 Å². The van der Waals surface area contributed by atoms with Gasteiger partial charge < -0.3 is 61.3 Å². The van der Waals surface area contributed by atoms with E-state index in [1.54, 1.807) is 53.1 Å². The van der Waals surface area contributed by atoms with Gasteiger partial charge in [0.2, 0.25) is 40.9 Å². The number of fused-ring (bicyclic) bond motifs is 3. The molecule has 6 aromatic rings. The van der Waals surface area contributed by atoms with Crippen LogP contribution >= 0.6 is 0 Å². The van der Waals surface area contributed by atoms with Gasteiger partial charge in [0.1, 0.15) is 23.8 Å². The van der Waals surface area contributed by atoms with Crippen molar-refractivity contribution in [1.29, 1.82) is 0 Å². The van der Waals surface area contributed by atoms with Crippen LogP contribution in [0.3, 0.4) is 0 Å². The number of aromatic nitrogens is 1. The van der Waals surface area contributed by atoms with Gasteiger partial charge >= 0.3 is 11.9 Å². The largest absolute Gasteiger partial charge is 0.508 e. The van der Waals surface area contributed by atoms with Gasteiger partial charge in [0.25, 0.3) is 11.8 Å². The van der Waals surface area contributed by atoms with Gasteiger partial charge in [-0.25, -0.2) is 10.9 Å². The second-order valence-electron chi connectivity index (χ2n) is 33.0. The number of hydrogen-bond donors (Lipinski definition) is 16. The number of carbonyl (C=O) groups is 17. The molecule has 0 fully saturated rings. The van der Waals surface area contributed by atoms with E-state index in [0.29, 0.717) is 65.6 Å². The Morgan fingerprint density at radius 2 is 1.14 bits per heavy atom. The lowest BCUT2D eigenvalue weighted by Gasteiger charge is -2.30. The Bertz CT molecular complexity index is 4900. The van der Waals surface area contributed by atoms with E-state index in [2.05, 4.69) is 69.0 Å². The molecule has 0 saturated heterocycles. The second kappa shape index (κ2) is 50.0. The molecule has 0 unspecified atom stereocenters. The summed E-state index contributed by atoms with van der Waals surface area (Å²) in [5, 5.41) is 61.0. The number of hydrazine groups is 1. The van der Waals surface area contributed by atoms with Crippen molar-refractivity contribution < 1.29 is 102 Å². The molecule has 7 rings (SSSR count). The Morgan fingerprint density at radius 1 is 0.548 bits per heavy atom. The summed E-state index contributed by atoms with van der Waals surface area (Å²) >= 11 is 0. The van der Waals surface area contributed by atoms with Gasteiger partial charge in [-0.1, -0.05) is 96.1 Å². The molecular weight excluding hydrogens is 1630 g/mol. The molecule has 126 heavy (non-hydrogen) atoms. The number of aliphatic carboxylic acids is 2. The number of hydrogen-bond acceptors (Lipinski definition) is 29. The van der Waals surface area contributed by atoms with Crippen LogP contribution in [0.5, 0.6) is 11.5 Å². The maximum atomic E-state index is 14.1. The molecule has 5 amide bonds. The highest BCUT2D eigenvalue weighted by molar-refractivity contribution is 6.41. The van der Waals surface area contributed by atoms with Crippen molar-refractivity contribution in [2.75, 3.05) is 79.9 Å². The van der Waals surface area contributed by atoms with Crippen molar-refractivity contribution in [2.45, 2.75) is 193 Å². The number of imide groups is 1. The number of nitrogens with one attached hydrogen (secondary N) is 13. The number of methoxy groups -OCH3 is 1. The fourth-order valence-corrected chi connectivity index (χ4v) is 14.4. The zero-order valence-electron chi connectivity index (χ0n) is 73.3. The van der Waals surface area contributed by atoms with Crippen molar-refractivity contribution in [1.82, 2.24) is 78.8 Å². The fourth-order valence-electron chi connectivity index (χ4n) is 14.4. The van der Waals surface area contributed by atoms with Gasteiger partial charge in [-0.15, -0.1) is 0 Å². The smallest absolute Gasteiger partial charge is 0.303 e. The molecule has 36 heteroatoms. The Hall–Kier alpha value is -11.5. The van der Waals surface area contributed by atoms with Crippen LogP contribution in [-0.4, -0.2) is 270 Å². The highest BCUT2D eigenvalue weighted by Gasteiger charge is 2.38. The number of benzene rings is 5. The maximum Gasteiger partial charge on any atom is 0.303 e. The molecule has 16 N–H and O–H groups in total. The third-order valence-corrected chi connectivity index (χ3v) is 21.9. The summed E-state index contributed by atoms with van der Waals surface area (Å²) in [7, 11) is 3.41. The van der Waals surface area contributed by atoms with Crippen LogP contribution in [0, 0.1) is 17.8 Å². The monoisotopic (exact) mass is 1750 g/mol. The number of carboxylic acid groups (broad SMARTS) is 2. The third kappa shape index (κ3) is 30.7. The summed E-state index contributed by atoms with van der Waals surface area (Å²) in [5.41, 5.74) is 8.48. The molecule has 682 valence electrons. The number of carbonyl (C=O) groups excluding carboxylic acids is 15. The minimum absolute atomic E-state index is 0.0282. The molecule has 0 saturated carbocycles. The van der Waals surface area contributed by atoms with Crippen LogP contribution in [0.15, 0.2) is 97.2 Å². The van der Waals surface area contributed by atoms with E-state index in [9.17, 15) is 96.8 Å². The number of para-hydroxylation sites is 1. The van der Waals surface area contributed by atoms with Gasteiger partial charge in [-0.05, 0) is 142 Å². The summed E-state index contributed by atoms with van der Waals surface area (Å²) in [4.78, 5) is 234. The summed E-state index contributed by atoms with van der Waals surface area (Å²) in [6.45, 7) is 14.9. The number of phenolic OH excluding ortho intramolecular Hbond substituents is 1. The van der Waals surface area contributed by atoms with Gasteiger partial charge in [0, 0.05) is 98.6 Å². The molecule has 1 aliphatic rings. The number of H-pyrrole nitrogens is 1. The molecule has 36 nitrogen and oxygen atoms in total. The first-order chi connectivity index (χ1) is 59.9. The van der Waals surface area contributed by atoms with Gasteiger partial charge in [-0.3, -0.25) is 108 Å². The first-order valence-electron chi connectivity index (χ1n) is 42.5. The summed E-state index contributed by atoms with van der Waals surface area (Å²) < 4.78 is 5.61. The Morgan fingerprint density at radius 3 is 1.79 bits per heavy atom. The van der Waals surface area contributed by atoms with Crippen molar-refractivity contribution in [3.05, 3.63) is 119 Å². The molecule has 2 heterocycles. The number of aldehydes is 1. The zero-order valence-corrected chi connectivity index (χ0v) is 73.3. The fraction of sp³-hybridized carbons (Fsp3) is 0.500. The quantitative estimate of drug-likeness (QED) is 0.00381. The predicted octanol–water partition coefficient (Wildman–Crippen LogP) is 2.40. The van der Waals surface area contributed by atoms with Gasteiger partial charge in [0.15, 0.2) is 28.9 Å². The zero-order chi connectivity index (χ0) is 92.6. The topological polar surface area (TPSA) is 527 Å². The van der Waals surface area contributed by atoms with Crippen molar-refractivity contribution in [3.8, 4) is 11.5 Å². The third-order valence-electron chi connectivity index (χ3n) is 21.9. The number of aromatic hydroxyl groups is 1. The number of aromatic amines is 1. The summed E-state index contributed by atoms with van der Waals surface area (Å²) in [6, 6.07) is 14.8. The number of ether oxygens (including phenoxy) is 1. The first-order valence-corrected chi connectivity index (χ1v) is 42.5. The minimum Gasteiger partial charge on any atom is -0.508 e. The number of rotatable bonds is 62. The number of Topliss-reactive ketones (excluding diaryl/α,β-unsaturated/α-hetero) is 9. The van der Waals surface area contributed by atoms with E-state index in [-0.39, 0.29) is 86.7 Å². The molecule has 0 spiro atoms. The SMILES string of the molecule is COc1ccc2c3c(c4ccccc4cc13)C(=O)N(CCN(C)CCNCC(=O)[C@H](C)NCN[C@@H](CC(C)C)C(=O)CC(=O)[C@H](C)NCN[C@@H](CC(C)C)C(=O)C(=O)[C@@H](NC(=O)CCC(=O)N[C@@H](CCC(=O)O)C(=O)N[C@@H](CCC(=O)O)C(=O)CN[C@@H](C)C(=O)CN[C@@H](Cc1ccc(O)cc1)C(=O)C(=O)CNN[C@H](C=O)Cc1c[nH]c3ccccc13)C(C)C)C2=O. The Kier molecular flexibility index (Phi) is 40.4. The highest BCUT2D eigenvalue weighted by Crippen LogP contribution is 2.40. The first kappa shape index (κ1) is 102. The summed E-state index contributed by atoms with van der Waals surface area (Å²) in [5.74, 6) is -12.9. The van der Waals surface area contributed by atoms with E-state index in [0.717, 1.165) is 27.2 Å². The number of amides is 5. The summed E-state index contributed by atoms with van der Waals surface area (Å²) in [6.07, 6.45) is -1.04. The van der Waals surface area contributed by atoms with Crippen LogP contribution in [0.25, 0.3) is 32.4 Å². The van der Waals surface area contributed by atoms with Crippen LogP contribution in [0.1, 0.15) is 152 Å². The van der Waals surface area contributed by atoms with Crippen LogP contribution in [0.4, 0.5) is 0 Å². The minimum atomic E-state index is -1.67. The Labute approximate surface area is 731 Å². The van der Waals surface area contributed by atoms with Gasteiger partial charge in [0.05, 0.1) is 99.6 Å². The number of nitrogens with zero attached hydrogens (tertiary/aromatic N) is 2. The Balaban J connectivity index is 0.826. The molecule has 0 bridgehead atoms. The lowest BCUT2D eigenvalue weighted by Crippen LogP contribution is -2.54.